The molecule has 2 aromatic heterocycles. The molecule has 2 aliphatic rings. The second-order valence-electron chi connectivity index (χ2n) is 10.3. The quantitative estimate of drug-likeness (QED) is 0.310. The maximum atomic E-state index is 12.9. The molecule has 0 spiro atoms. The molecular formula is C29H30F3N3O5. The van der Waals surface area contributed by atoms with E-state index in [1.54, 1.807) is 24.4 Å². The van der Waals surface area contributed by atoms with Gasteiger partial charge in [-0.15, -0.1) is 0 Å². The molecule has 11 heteroatoms. The van der Waals surface area contributed by atoms with E-state index in [1.807, 2.05) is 12.1 Å². The Hall–Kier alpha value is -3.89. The van der Waals surface area contributed by atoms with Crippen molar-refractivity contribution in [2.45, 2.75) is 69.2 Å². The van der Waals surface area contributed by atoms with Gasteiger partial charge in [0.1, 0.15) is 17.6 Å². The van der Waals surface area contributed by atoms with Crippen molar-refractivity contribution in [1.82, 2.24) is 15.0 Å². The Morgan fingerprint density at radius 2 is 1.70 bits per heavy atom. The second kappa shape index (κ2) is 11.7. The summed E-state index contributed by atoms with van der Waals surface area (Å²) >= 11 is 0. The third-order valence-corrected chi connectivity index (χ3v) is 7.38. The van der Waals surface area contributed by atoms with Crippen LogP contribution in [0.25, 0.3) is 11.3 Å². The molecule has 2 heterocycles. The third kappa shape index (κ3) is 6.81. The van der Waals surface area contributed by atoms with Gasteiger partial charge in [-0.3, -0.25) is 9.78 Å². The first-order chi connectivity index (χ1) is 19.2. The van der Waals surface area contributed by atoms with Crippen LogP contribution >= 0.6 is 0 Å². The molecule has 40 heavy (non-hydrogen) atoms. The number of nitrogens with zero attached hydrogens (tertiary/aromatic N) is 3. The minimum atomic E-state index is -4.57. The van der Waals surface area contributed by atoms with E-state index < -0.39 is 17.8 Å². The van der Waals surface area contributed by atoms with E-state index in [2.05, 4.69) is 15.0 Å². The lowest BCUT2D eigenvalue weighted by atomic mass is 9.91. The van der Waals surface area contributed by atoms with Gasteiger partial charge in [0.25, 0.3) is 0 Å². The van der Waals surface area contributed by atoms with E-state index >= 15 is 0 Å². The molecule has 0 saturated heterocycles. The zero-order valence-corrected chi connectivity index (χ0v) is 21.9. The zero-order valence-electron chi connectivity index (χ0n) is 21.9. The van der Waals surface area contributed by atoms with Crippen LogP contribution in [-0.2, 0) is 11.0 Å². The summed E-state index contributed by atoms with van der Waals surface area (Å²) in [7, 11) is 1.52. The van der Waals surface area contributed by atoms with Crippen molar-refractivity contribution in [2.24, 2.45) is 5.92 Å². The van der Waals surface area contributed by atoms with Crippen molar-refractivity contribution in [2.75, 3.05) is 7.11 Å². The molecule has 1 atom stereocenters. The maximum absolute atomic E-state index is 12.9. The fourth-order valence-corrected chi connectivity index (χ4v) is 5.13. The number of hydrogen-bond donors (Lipinski definition) is 1. The van der Waals surface area contributed by atoms with Gasteiger partial charge in [0.2, 0.25) is 5.88 Å². The highest BCUT2D eigenvalue weighted by molar-refractivity contribution is 5.68. The molecule has 0 radical (unpaired) electrons. The standard InChI is InChI=1S/C29H30F3N3O5/c1-38-21-8-9-22(24-15-35-26(16-34-24)29(30,31)32)25(13-21)39-19-4-6-20(7-5-19)40-27-12-18(10-11-33-27)23(14-28(36)37)17-2-3-17/h8-13,15-17,19-20,23H,2-7,14H2,1H3,(H,36,37)/t19-,20-,23?. The third-order valence-electron chi connectivity index (χ3n) is 7.38. The lowest BCUT2D eigenvalue weighted by Gasteiger charge is -2.30. The Morgan fingerprint density at radius 1 is 0.975 bits per heavy atom. The Kier molecular flexibility index (Phi) is 8.09. The number of rotatable bonds is 10. The van der Waals surface area contributed by atoms with Gasteiger partial charge in [-0.1, -0.05) is 0 Å². The molecule has 0 bridgehead atoms. The van der Waals surface area contributed by atoms with E-state index in [9.17, 15) is 23.1 Å². The van der Waals surface area contributed by atoms with E-state index in [0.29, 0.717) is 47.9 Å². The molecule has 2 fully saturated rings. The molecule has 1 aromatic carbocycles. The number of alkyl halides is 3. The van der Waals surface area contributed by atoms with Crippen LogP contribution in [0.3, 0.4) is 0 Å². The summed E-state index contributed by atoms with van der Waals surface area (Å²) in [5, 5.41) is 9.32. The highest BCUT2D eigenvalue weighted by Crippen LogP contribution is 2.45. The summed E-state index contributed by atoms with van der Waals surface area (Å²) in [4.78, 5) is 23.2. The number of methoxy groups -OCH3 is 1. The molecule has 3 aromatic rings. The molecule has 5 rings (SSSR count). The number of aliphatic carboxylic acids is 1. The Balaban J connectivity index is 1.23. The van der Waals surface area contributed by atoms with Gasteiger partial charge in [0.15, 0.2) is 5.69 Å². The van der Waals surface area contributed by atoms with Crippen LogP contribution in [0.4, 0.5) is 13.2 Å². The molecule has 212 valence electrons. The second-order valence-corrected chi connectivity index (χ2v) is 10.3. The number of carboxylic acids is 1. The van der Waals surface area contributed by atoms with Gasteiger partial charge in [0.05, 0.1) is 37.7 Å². The molecule has 1 unspecified atom stereocenters. The monoisotopic (exact) mass is 557 g/mol. The van der Waals surface area contributed by atoms with Crippen molar-refractivity contribution in [1.29, 1.82) is 0 Å². The minimum absolute atomic E-state index is 0.0293. The van der Waals surface area contributed by atoms with Crippen molar-refractivity contribution in [3.8, 4) is 28.6 Å². The number of benzene rings is 1. The van der Waals surface area contributed by atoms with E-state index in [4.69, 9.17) is 14.2 Å². The molecular weight excluding hydrogens is 527 g/mol. The molecule has 0 aliphatic heterocycles. The van der Waals surface area contributed by atoms with Crippen LogP contribution in [0, 0.1) is 5.92 Å². The zero-order chi connectivity index (χ0) is 28.3. The number of hydrogen-bond acceptors (Lipinski definition) is 7. The van der Waals surface area contributed by atoms with E-state index in [1.165, 1.54) is 7.11 Å². The molecule has 8 nitrogen and oxygen atoms in total. The number of pyridine rings is 1. The molecule has 2 aliphatic carbocycles. The Morgan fingerprint density at radius 3 is 2.30 bits per heavy atom. The van der Waals surface area contributed by atoms with Crippen molar-refractivity contribution < 1.29 is 37.3 Å². The average molecular weight is 558 g/mol. The lowest BCUT2D eigenvalue weighted by Crippen LogP contribution is -2.30. The van der Waals surface area contributed by atoms with Crippen LogP contribution < -0.4 is 14.2 Å². The number of carbonyl (C=O) groups is 1. The Labute approximate surface area is 229 Å². The number of halogens is 3. The van der Waals surface area contributed by atoms with Crippen molar-refractivity contribution in [3.05, 3.63) is 60.2 Å². The van der Waals surface area contributed by atoms with E-state index in [-0.39, 0.29) is 30.2 Å². The van der Waals surface area contributed by atoms with Crippen molar-refractivity contribution >= 4 is 5.97 Å². The summed E-state index contributed by atoms with van der Waals surface area (Å²) in [6.45, 7) is 0. The smallest absolute Gasteiger partial charge is 0.434 e. The van der Waals surface area contributed by atoms with E-state index in [0.717, 1.165) is 37.4 Å². The van der Waals surface area contributed by atoms with Crippen LogP contribution in [0.2, 0.25) is 0 Å². The summed E-state index contributed by atoms with van der Waals surface area (Å²) in [6.07, 6.45) is 3.72. The molecule has 0 amide bonds. The largest absolute Gasteiger partial charge is 0.497 e. The number of aromatic nitrogens is 3. The summed E-state index contributed by atoms with van der Waals surface area (Å²) in [5.41, 5.74) is 0.674. The van der Waals surface area contributed by atoms with Crippen molar-refractivity contribution in [3.63, 3.8) is 0 Å². The first-order valence-corrected chi connectivity index (χ1v) is 13.3. The average Bonchev–Trinajstić information content (AvgIpc) is 3.78. The fraction of sp³-hybridized carbons (Fsp3) is 0.448. The van der Waals surface area contributed by atoms with Gasteiger partial charge in [0, 0.05) is 23.9 Å². The summed E-state index contributed by atoms with van der Waals surface area (Å²) in [6, 6.07) is 8.81. The first kappa shape index (κ1) is 27.7. The van der Waals surface area contributed by atoms with Gasteiger partial charge in [-0.05, 0) is 74.1 Å². The topological polar surface area (TPSA) is 104 Å². The van der Waals surface area contributed by atoms with Gasteiger partial charge in [-0.2, -0.15) is 13.2 Å². The first-order valence-electron chi connectivity index (χ1n) is 13.3. The summed E-state index contributed by atoms with van der Waals surface area (Å²) in [5.74, 6) is 1.06. The SMILES string of the molecule is COc1ccc(-c2cnc(C(F)(F)F)cn2)c(O[C@H]2CC[C@H](Oc3cc(C(CC(=O)O)C4CC4)ccn3)CC2)c1. The van der Waals surface area contributed by atoms with Crippen LogP contribution in [0.1, 0.15) is 62.1 Å². The predicted octanol–water partition coefficient (Wildman–Crippen LogP) is 6.30. The van der Waals surface area contributed by atoms with Gasteiger partial charge < -0.3 is 19.3 Å². The van der Waals surface area contributed by atoms with Crippen LogP contribution in [-0.4, -0.2) is 45.3 Å². The predicted molar refractivity (Wildman–Crippen MR) is 138 cm³/mol. The number of ether oxygens (including phenoxy) is 3. The highest BCUT2D eigenvalue weighted by Gasteiger charge is 2.35. The molecule has 1 N–H and O–H groups in total. The fourth-order valence-electron chi connectivity index (χ4n) is 5.13. The maximum Gasteiger partial charge on any atom is 0.434 e. The highest BCUT2D eigenvalue weighted by atomic mass is 19.4. The number of carboxylic acid groups (broad SMARTS) is 1. The Bertz CT molecular complexity index is 1320. The normalized spacial score (nSPS) is 20.0. The van der Waals surface area contributed by atoms with Gasteiger partial charge in [-0.25, -0.2) is 9.97 Å². The lowest BCUT2D eigenvalue weighted by molar-refractivity contribution is -0.141. The minimum Gasteiger partial charge on any atom is -0.497 e. The van der Waals surface area contributed by atoms with Crippen LogP contribution in [0.5, 0.6) is 17.4 Å². The van der Waals surface area contributed by atoms with Crippen LogP contribution in [0.15, 0.2) is 48.9 Å². The van der Waals surface area contributed by atoms with Gasteiger partial charge >= 0.3 is 12.1 Å². The molecule has 2 saturated carbocycles. The summed E-state index contributed by atoms with van der Waals surface area (Å²) < 4.78 is 56.6.